The number of Topliss-reactive ketones (excluding diaryl/α,β-unsaturated/α-hetero) is 1. The number of aromatic nitrogens is 1. The summed E-state index contributed by atoms with van der Waals surface area (Å²) in [6.45, 7) is 8.67. The molecule has 2 unspecified atom stereocenters. The normalized spacial score (nSPS) is 17.2. The first-order chi connectivity index (χ1) is 16.0. The van der Waals surface area contributed by atoms with Crippen LogP contribution in [-0.4, -0.2) is 50.3 Å². The Kier molecular flexibility index (Phi) is 13.4. The second kappa shape index (κ2) is 15.1. The Labute approximate surface area is 214 Å². The van der Waals surface area contributed by atoms with Crippen LogP contribution in [0, 0.1) is 5.92 Å². The number of halogens is 2. The molecule has 2 atom stereocenters. The number of pyridine rings is 1. The standard InChI is InChI=1S/C17H29NO3S.C6H4Cl2N2O2/c1-5-8-14(18-21-6-2)17-15(19)10-13(11-16(17)20)9-12(4)22-7-3;7-3-1-2(9)4(8)5(10-3)6(11)12/h12-13,19H,5-11H2,1-4H3;1H,(H2,9,10)(H,11,12)/b18-14+;. The van der Waals surface area contributed by atoms with Crippen LogP contribution in [0.3, 0.4) is 0 Å². The van der Waals surface area contributed by atoms with Crippen molar-refractivity contribution in [2.24, 2.45) is 11.1 Å². The molecule has 0 saturated carbocycles. The van der Waals surface area contributed by atoms with Gasteiger partial charge in [-0.1, -0.05) is 55.5 Å². The number of hydrogen-bond acceptors (Lipinski definition) is 8. The smallest absolute Gasteiger partial charge is 0.356 e. The van der Waals surface area contributed by atoms with E-state index in [2.05, 4.69) is 24.0 Å². The molecule has 1 aliphatic rings. The molecule has 4 N–H and O–H groups in total. The molecule has 190 valence electrons. The van der Waals surface area contributed by atoms with Gasteiger partial charge in [-0.2, -0.15) is 11.8 Å². The maximum atomic E-state index is 12.5. The molecule has 0 bridgehead atoms. The van der Waals surface area contributed by atoms with Gasteiger partial charge in [0.25, 0.3) is 0 Å². The van der Waals surface area contributed by atoms with Gasteiger partial charge in [0.15, 0.2) is 11.5 Å². The van der Waals surface area contributed by atoms with Crippen molar-refractivity contribution >= 4 is 58.1 Å². The summed E-state index contributed by atoms with van der Waals surface area (Å²) >= 11 is 12.9. The Morgan fingerprint density at radius 3 is 2.56 bits per heavy atom. The van der Waals surface area contributed by atoms with E-state index in [1.807, 2.05) is 25.6 Å². The van der Waals surface area contributed by atoms with Gasteiger partial charge in [0.05, 0.1) is 22.0 Å². The fourth-order valence-corrected chi connectivity index (χ4v) is 4.90. The summed E-state index contributed by atoms with van der Waals surface area (Å²) in [6.07, 6.45) is 3.56. The minimum atomic E-state index is -1.26. The lowest BCUT2D eigenvalue weighted by Crippen LogP contribution is -2.26. The molecule has 34 heavy (non-hydrogen) atoms. The van der Waals surface area contributed by atoms with Crippen molar-refractivity contribution in [2.75, 3.05) is 18.1 Å². The number of aliphatic hydroxyl groups is 1. The third-order valence-corrected chi connectivity index (χ3v) is 6.56. The number of nitrogens with zero attached hydrogens (tertiary/aromatic N) is 2. The van der Waals surface area contributed by atoms with E-state index in [1.54, 1.807) is 0 Å². The summed E-state index contributed by atoms with van der Waals surface area (Å²) in [7, 11) is 0. The lowest BCUT2D eigenvalue weighted by Gasteiger charge is -2.25. The van der Waals surface area contributed by atoms with Gasteiger partial charge in [-0.15, -0.1) is 0 Å². The van der Waals surface area contributed by atoms with Gasteiger partial charge >= 0.3 is 5.97 Å². The van der Waals surface area contributed by atoms with Crippen LogP contribution >= 0.6 is 35.0 Å². The summed E-state index contributed by atoms with van der Waals surface area (Å²) in [5.41, 5.74) is 6.12. The number of hydrogen-bond donors (Lipinski definition) is 3. The number of ketones is 1. The number of carboxylic acids is 1. The highest BCUT2D eigenvalue weighted by molar-refractivity contribution is 7.99. The Hall–Kier alpha value is -1.97. The molecule has 1 aliphatic carbocycles. The van der Waals surface area contributed by atoms with Gasteiger partial charge in [-0.25, -0.2) is 9.78 Å². The molecule has 1 aromatic heterocycles. The predicted octanol–water partition coefficient (Wildman–Crippen LogP) is 6.17. The number of carbonyl (C=O) groups is 2. The first kappa shape index (κ1) is 30.1. The van der Waals surface area contributed by atoms with Crippen LogP contribution in [0.5, 0.6) is 0 Å². The number of nitrogens with two attached hydrogens (primary N) is 1. The maximum Gasteiger partial charge on any atom is 0.356 e. The second-order valence-electron chi connectivity index (χ2n) is 7.73. The van der Waals surface area contributed by atoms with E-state index >= 15 is 0 Å². The number of aliphatic hydroxyl groups excluding tert-OH is 1. The molecule has 1 heterocycles. The summed E-state index contributed by atoms with van der Waals surface area (Å²) in [4.78, 5) is 31.5. The van der Waals surface area contributed by atoms with E-state index in [1.165, 1.54) is 6.07 Å². The van der Waals surface area contributed by atoms with E-state index in [0.29, 0.717) is 42.4 Å². The summed E-state index contributed by atoms with van der Waals surface area (Å²) in [6, 6.07) is 1.29. The van der Waals surface area contributed by atoms with Crippen molar-refractivity contribution in [3.8, 4) is 0 Å². The van der Waals surface area contributed by atoms with Gasteiger partial charge in [0, 0.05) is 18.1 Å². The average molecular weight is 535 g/mol. The molecule has 0 fully saturated rings. The number of aromatic carboxylic acids is 1. The first-order valence-electron chi connectivity index (χ1n) is 11.2. The van der Waals surface area contributed by atoms with E-state index in [4.69, 9.17) is 38.9 Å². The zero-order valence-corrected chi connectivity index (χ0v) is 22.3. The minimum Gasteiger partial charge on any atom is -0.511 e. The monoisotopic (exact) mass is 533 g/mol. The van der Waals surface area contributed by atoms with Crippen molar-refractivity contribution in [2.45, 2.75) is 65.0 Å². The van der Waals surface area contributed by atoms with Crippen molar-refractivity contribution in [1.82, 2.24) is 4.98 Å². The molecule has 0 spiro atoms. The predicted molar refractivity (Wildman–Crippen MR) is 139 cm³/mol. The lowest BCUT2D eigenvalue weighted by atomic mass is 9.82. The number of anilines is 1. The van der Waals surface area contributed by atoms with E-state index < -0.39 is 5.97 Å². The molecule has 8 nitrogen and oxygen atoms in total. The maximum absolute atomic E-state index is 12.5. The molecular formula is C23H33Cl2N3O5S. The third kappa shape index (κ3) is 9.35. The number of thioether (sulfide) groups is 1. The highest BCUT2D eigenvalue weighted by atomic mass is 35.5. The average Bonchev–Trinajstić information content (AvgIpc) is 2.74. The van der Waals surface area contributed by atoms with Crippen LogP contribution in [-0.2, 0) is 9.63 Å². The number of nitrogen functional groups attached to an aromatic ring is 1. The van der Waals surface area contributed by atoms with Crippen molar-refractivity contribution in [1.29, 1.82) is 0 Å². The molecule has 0 aliphatic heterocycles. The topological polar surface area (TPSA) is 135 Å². The highest BCUT2D eigenvalue weighted by Crippen LogP contribution is 2.32. The fourth-order valence-electron chi connectivity index (χ4n) is 3.54. The number of oxime groups is 1. The summed E-state index contributed by atoms with van der Waals surface area (Å²) < 4.78 is 0. The van der Waals surface area contributed by atoms with Gasteiger partial charge in [-0.05, 0) is 37.5 Å². The van der Waals surface area contributed by atoms with E-state index in [9.17, 15) is 14.7 Å². The summed E-state index contributed by atoms with van der Waals surface area (Å²) in [5, 5.41) is 23.4. The molecule has 11 heteroatoms. The van der Waals surface area contributed by atoms with E-state index in [-0.39, 0.29) is 39.0 Å². The molecule has 0 radical (unpaired) electrons. The molecule has 0 aromatic carbocycles. The highest BCUT2D eigenvalue weighted by Gasteiger charge is 2.31. The largest absolute Gasteiger partial charge is 0.511 e. The Morgan fingerprint density at radius 1 is 1.35 bits per heavy atom. The quantitative estimate of drug-likeness (QED) is 0.184. The van der Waals surface area contributed by atoms with Crippen LogP contribution in [0.15, 0.2) is 22.6 Å². The molecule has 1 aromatic rings. The van der Waals surface area contributed by atoms with Crippen LogP contribution in [0.25, 0.3) is 0 Å². The number of allylic oxidation sites excluding steroid dienone is 2. The Balaban J connectivity index is 0.000000404. The lowest BCUT2D eigenvalue weighted by molar-refractivity contribution is -0.116. The summed E-state index contributed by atoms with van der Waals surface area (Å²) in [5.74, 6) is 0.266. The molecule has 0 amide bonds. The van der Waals surface area contributed by atoms with Gasteiger partial charge < -0.3 is 20.8 Å². The molecular weight excluding hydrogens is 501 g/mol. The first-order valence-corrected chi connectivity index (χ1v) is 13.0. The van der Waals surface area contributed by atoms with Crippen molar-refractivity contribution < 1.29 is 24.6 Å². The Bertz CT molecular complexity index is 924. The number of rotatable bonds is 10. The minimum absolute atomic E-state index is 0.00861. The van der Waals surface area contributed by atoms with Crippen LogP contribution in [0.4, 0.5) is 5.69 Å². The number of carbonyl (C=O) groups excluding carboxylic acids is 1. The van der Waals surface area contributed by atoms with Crippen LogP contribution < -0.4 is 5.73 Å². The molecule has 2 rings (SSSR count). The van der Waals surface area contributed by atoms with Crippen LogP contribution in [0.1, 0.15) is 70.3 Å². The van der Waals surface area contributed by atoms with Gasteiger partial charge in [0.1, 0.15) is 17.5 Å². The van der Waals surface area contributed by atoms with Gasteiger partial charge in [-0.3, -0.25) is 4.79 Å². The third-order valence-electron chi connectivity index (χ3n) is 4.88. The van der Waals surface area contributed by atoms with E-state index in [0.717, 1.165) is 18.6 Å². The molecule has 0 saturated heterocycles. The van der Waals surface area contributed by atoms with Crippen molar-refractivity contribution in [3.05, 3.63) is 33.3 Å². The zero-order chi connectivity index (χ0) is 25.8. The van der Waals surface area contributed by atoms with Crippen LogP contribution in [0.2, 0.25) is 10.2 Å². The zero-order valence-electron chi connectivity index (χ0n) is 19.9. The Morgan fingerprint density at radius 2 is 2.03 bits per heavy atom. The second-order valence-corrected chi connectivity index (χ2v) is 10.2. The fraction of sp³-hybridized carbons (Fsp3) is 0.565. The van der Waals surface area contributed by atoms with Crippen molar-refractivity contribution in [3.63, 3.8) is 0 Å². The number of carboxylic acid groups (broad SMARTS) is 1. The SMILES string of the molecule is CCC/C(=N\OCC)C1=C(O)CC(CC(C)SCC)CC1=O.Nc1cc(Cl)nc(C(=O)O)c1Cl. The van der Waals surface area contributed by atoms with Gasteiger partial charge in [0.2, 0.25) is 0 Å².